The molecule has 3 saturated heterocycles. The number of piperazine rings is 1. The summed E-state index contributed by atoms with van der Waals surface area (Å²) in [5, 5.41) is 14.7. The van der Waals surface area contributed by atoms with Crippen LogP contribution in [0, 0.1) is 17.8 Å². The molecule has 29 heavy (non-hydrogen) atoms. The Labute approximate surface area is 178 Å². The minimum Gasteiger partial charge on any atom is -0.380 e. The predicted molar refractivity (Wildman–Crippen MR) is 114 cm³/mol. The molecule has 0 aromatic carbocycles. The molecule has 0 aromatic heterocycles. The summed E-state index contributed by atoms with van der Waals surface area (Å²) in [5.74, 6) is 3.24. The van der Waals surface area contributed by atoms with E-state index in [0.717, 1.165) is 36.5 Å². The second-order valence-corrected chi connectivity index (χ2v) is 11.2. The lowest BCUT2D eigenvalue weighted by atomic mass is 9.72. The average Bonchev–Trinajstić information content (AvgIpc) is 3.33. The Morgan fingerprint density at radius 3 is 2.31 bits per heavy atom. The topological polar surface area (TPSA) is 72.9 Å². The lowest BCUT2D eigenvalue weighted by molar-refractivity contribution is -0.148. The largest absolute Gasteiger partial charge is 0.380 e. The number of carbonyl (C=O) groups excluding carboxylic acids is 2. The van der Waals surface area contributed by atoms with Crippen LogP contribution < -0.4 is 5.32 Å². The molecule has 0 bridgehead atoms. The van der Waals surface area contributed by atoms with E-state index in [2.05, 4.69) is 17.1 Å². The first-order valence-electron chi connectivity index (χ1n) is 11.7. The Kier molecular flexibility index (Phi) is 5.58. The minimum atomic E-state index is -1.09. The first-order chi connectivity index (χ1) is 14.0. The van der Waals surface area contributed by atoms with Gasteiger partial charge in [0.2, 0.25) is 5.91 Å². The van der Waals surface area contributed by atoms with Gasteiger partial charge in [0.15, 0.2) is 0 Å². The van der Waals surface area contributed by atoms with Gasteiger partial charge in [-0.25, -0.2) is 0 Å². The van der Waals surface area contributed by atoms with E-state index in [9.17, 15) is 14.7 Å². The molecule has 2 aliphatic carbocycles. The Bertz CT molecular complexity index is 639. The fraction of sp³-hybridized carbons (Fsp3) is 0.909. The van der Waals surface area contributed by atoms with Gasteiger partial charge in [0.1, 0.15) is 5.60 Å². The molecular formula is C22H35N3O3S. The molecule has 0 spiro atoms. The SMILES string of the molecule is O=C(C1CCC(C2NCCC3SCCC32)CC1)N1CCN(C(=O)C2(O)CC2)CC1. The molecular weight excluding hydrogens is 386 g/mol. The summed E-state index contributed by atoms with van der Waals surface area (Å²) in [7, 11) is 0. The smallest absolute Gasteiger partial charge is 0.254 e. The van der Waals surface area contributed by atoms with Gasteiger partial charge in [-0.1, -0.05) is 0 Å². The average molecular weight is 422 g/mol. The lowest BCUT2D eigenvalue weighted by Gasteiger charge is -2.43. The molecule has 162 valence electrons. The van der Waals surface area contributed by atoms with E-state index in [-0.39, 0.29) is 11.8 Å². The third-order valence-corrected chi connectivity index (χ3v) is 9.64. The number of thioether (sulfide) groups is 1. The van der Waals surface area contributed by atoms with Crippen molar-refractivity contribution >= 4 is 23.6 Å². The van der Waals surface area contributed by atoms with E-state index in [4.69, 9.17) is 0 Å². The van der Waals surface area contributed by atoms with Crippen LogP contribution in [0.25, 0.3) is 0 Å². The summed E-state index contributed by atoms with van der Waals surface area (Å²) in [5.41, 5.74) is -1.09. The van der Waals surface area contributed by atoms with Crippen LogP contribution in [0.1, 0.15) is 51.4 Å². The van der Waals surface area contributed by atoms with Crippen molar-refractivity contribution in [3.8, 4) is 0 Å². The maximum absolute atomic E-state index is 13.1. The summed E-state index contributed by atoms with van der Waals surface area (Å²) in [6.07, 6.45) is 8.25. The molecule has 3 atom stereocenters. The maximum atomic E-state index is 13.1. The number of nitrogens with one attached hydrogen (secondary N) is 1. The van der Waals surface area contributed by atoms with E-state index in [1.165, 1.54) is 31.4 Å². The van der Waals surface area contributed by atoms with Crippen molar-refractivity contribution in [1.82, 2.24) is 15.1 Å². The molecule has 2 saturated carbocycles. The highest BCUT2D eigenvalue weighted by Crippen LogP contribution is 2.44. The van der Waals surface area contributed by atoms with Crippen LogP contribution in [-0.4, -0.2) is 82.1 Å². The number of hydrogen-bond donors (Lipinski definition) is 2. The molecule has 3 heterocycles. The molecule has 0 aromatic rings. The molecule has 5 aliphatic rings. The zero-order valence-electron chi connectivity index (χ0n) is 17.4. The van der Waals surface area contributed by atoms with Crippen LogP contribution >= 0.6 is 11.8 Å². The molecule has 2 N–H and O–H groups in total. The standard InChI is InChI=1S/C22H35N3O3S/c26-20(24-10-12-25(13-11-24)21(27)22(28)7-8-22)16-3-1-15(2-4-16)19-17-6-14-29-18(17)5-9-23-19/h15-19,23,28H,1-14H2. The third kappa shape index (κ3) is 3.94. The Balaban J connectivity index is 1.10. The van der Waals surface area contributed by atoms with Crippen molar-refractivity contribution in [1.29, 1.82) is 0 Å². The van der Waals surface area contributed by atoms with Gasteiger partial charge in [-0.15, -0.1) is 0 Å². The van der Waals surface area contributed by atoms with Gasteiger partial charge in [0.25, 0.3) is 5.91 Å². The Morgan fingerprint density at radius 1 is 0.931 bits per heavy atom. The van der Waals surface area contributed by atoms with Crippen LogP contribution in [0.2, 0.25) is 0 Å². The number of amides is 2. The first-order valence-corrected chi connectivity index (χ1v) is 12.8. The van der Waals surface area contributed by atoms with Crippen LogP contribution in [0.5, 0.6) is 0 Å². The highest BCUT2D eigenvalue weighted by molar-refractivity contribution is 8.00. The molecule has 5 rings (SSSR count). The summed E-state index contributed by atoms with van der Waals surface area (Å²) in [6.45, 7) is 3.53. The quantitative estimate of drug-likeness (QED) is 0.722. The van der Waals surface area contributed by atoms with Crippen molar-refractivity contribution in [2.45, 2.75) is 68.3 Å². The summed E-state index contributed by atoms with van der Waals surface area (Å²) in [4.78, 5) is 29.1. The van der Waals surface area contributed by atoms with Crippen molar-refractivity contribution in [2.75, 3.05) is 38.5 Å². The van der Waals surface area contributed by atoms with Crippen LogP contribution in [-0.2, 0) is 9.59 Å². The second-order valence-electron chi connectivity index (χ2n) is 9.89. The molecule has 7 heteroatoms. The van der Waals surface area contributed by atoms with Gasteiger partial charge in [-0.2, -0.15) is 11.8 Å². The van der Waals surface area contributed by atoms with Gasteiger partial charge in [0.05, 0.1) is 0 Å². The van der Waals surface area contributed by atoms with E-state index in [1.54, 1.807) is 4.90 Å². The first kappa shape index (κ1) is 20.1. The fourth-order valence-electron chi connectivity index (χ4n) is 6.17. The van der Waals surface area contributed by atoms with Gasteiger partial charge < -0.3 is 20.2 Å². The van der Waals surface area contributed by atoms with Gasteiger partial charge in [-0.05, 0) is 75.5 Å². The molecule has 3 unspecified atom stereocenters. The lowest BCUT2D eigenvalue weighted by Crippen LogP contribution is -2.55. The second kappa shape index (κ2) is 8.04. The van der Waals surface area contributed by atoms with E-state index in [1.807, 2.05) is 4.90 Å². The van der Waals surface area contributed by atoms with Gasteiger partial charge in [-0.3, -0.25) is 9.59 Å². The molecule has 5 fully saturated rings. The summed E-state index contributed by atoms with van der Waals surface area (Å²) in [6, 6.07) is 0.669. The van der Waals surface area contributed by atoms with Gasteiger partial charge in [0, 0.05) is 43.4 Å². The molecule has 6 nitrogen and oxygen atoms in total. The maximum Gasteiger partial charge on any atom is 0.254 e. The van der Waals surface area contributed by atoms with Crippen molar-refractivity contribution in [3.63, 3.8) is 0 Å². The minimum absolute atomic E-state index is 0.131. The van der Waals surface area contributed by atoms with Crippen LogP contribution in [0.3, 0.4) is 0 Å². The zero-order valence-corrected chi connectivity index (χ0v) is 18.2. The fourth-order valence-corrected chi connectivity index (χ4v) is 7.72. The number of aliphatic hydroxyl groups is 1. The van der Waals surface area contributed by atoms with Gasteiger partial charge >= 0.3 is 0 Å². The van der Waals surface area contributed by atoms with Crippen molar-refractivity contribution in [2.24, 2.45) is 17.8 Å². The number of piperidine rings is 1. The molecule has 3 aliphatic heterocycles. The normalized spacial score (nSPS) is 39.1. The third-order valence-electron chi connectivity index (χ3n) is 8.16. The Hall–Kier alpha value is -0.790. The summed E-state index contributed by atoms with van der Waals surface area (Å²) >= 11 is 2.18. The van der Waals surface area contributed by atoms with E-state index in [0.29, 0.717) is 51.0 Å². The number of rotatable bonds is 3. The number of fused-ring (bicyclic) bond motifs is 1. The van der Waals surface area contributed by atoms with Crippen molar-refractivity contribution in [3.05, 3.63) is 0 Å². The van der Waals surface area contributed by atoms with Crippen LogP contribution in [0.4, 0.5) is 0 Å². The van der Waals surface area contributed by atoms with E-state index >= 15 is 0 Å². The molecule has 0 radical (unpaired) electrons. The highest BCUT2D eigenvalue weighted by Gasteiger charge is 2.50. The summed E-state index contributed by atoms with van der Waals surface area (Å²) < 4.78 is 0. The number of carbonyl (C=O) groups is 2. The van der Waals surface area contributed by atoms with Crippen LogP contribution in [0.15, 0.2) is 0 Å². The molecule has 2 amide bonds. The van der Waals surface area contributed by atoms with E-state index < -0.39 is 5.60 Å². The monoisotopic (exact) mass is 421 g/mol. The predicted octanol–water partition coefficient (Wildman–Crippen LogP) is 1.47. The zero-order chi connectivity index (χ0) is 20.0. The Morgan fingerprint density at radius 2 is 1.62 bits per heavy atom. The highest BCUT2D eigenvalue weighted by atomic mass is 32.2. The van der Waals surface area contributed by atoms with Crippen molar-refractivity contribution < 1.29 is 14.7 Å². The number of nitrogens with zero attached hydrogens (tertiary/aromatic N) is 2. The number of hydrogen-bond acceptors (Lipinski definition) is 5.